The van der Waals surface area contributed by atoms with Gasteiger partial charge in [-0.05, 0) is 25.1 Å². The Morgan fingerprint density at radius 1 is 1.29 bits per heavy atom. The summed E-state index contributed by atoms with van der Waals surface area (Å²) >= 11 is 5.93. The maximum Gasteiger partial charge on any atom is 0.241 e. The van der Waals surface area contributed by atoms with Gasteiger partial charge in [-0.15, -0.1) is 0 Å². The molecule has 0 aromatic heterocycles. The number of hydrogen-bond acceptors (Lipinski definition) is 4. The summed E-state index contributed by atoms with van der Waals surface area (Å²) in [6.07, 6.45) is 0. The Labute approximate surface area is 145 Å². The van der Waals surface area contributed by atoms with E-state index in [9.17, 15) is 14.0 Å². The van der Waals surface area contributed by atoms with E-state index >= 15 is 0 Å². The minimum atomic E-state index is -0.446. The molecular formula is C16H22ClFN4O2. The van der Waals surface area contributed by atoms with E-state index < -0.39 is 5.82 Å². The molecule has 0 aliphatic carbocycles. The molecule has 2 rings (SSSR count). The first-order chi connectivity index (χ1) is 11.4. The van der Waals surface area contributed by atoms with Crippen LogP contribution in [0.4, 0.5) is 10.1 Å². The third kappa shape index (κ3) is 4.90. The highest BCUT2D eigenvalue weighted by Gasteiger charge is 2.26. The number of nitrogens with zero attached hydrogens (tertiary/aromatic N) is 2. The molecule has 1 aromatic carbocycles. The van der Waals surface area contributed by atoms with Crippen molar-refractivity contribution in [3.8, 4) is 0 Å². The van der Waals surface area contributed by atoms with Crippen LogP contribution in [0.3, 0.4) is 0 Å². The van der Waals surface area contributed by atoms with Crippen LogP contribution in [0.5, 0.6) is 0 Å². The molecule has 0 bridgehead atoms. The van der Waals surface area contributed by atoms with Gasteiger partial charge in [-0.2, -0.15) is 0 Å². The van der Waals surface area contributed by atoms with Crippen molar-refractivity contribution < 1.29 is 14.0 Å². The van der Waals surface area contributed by atoms with Gasteiger partial charge in [0.25, 0.3) is 0 Å². The lowest BCUT2D eigenvalue weighted by Crippen LogP contribution is -2.54. The van der Waals surface area contributed by atoms with Crippen LogP contribution in [0.15, 0.2) is 18.2 Å². The van der Waals surface area contributed by atoms with Gasteiger partial charge < -0.3 is 10.6 Å². The van der Waals surface area contributed by atoms with E-state index in [4.69, 9.17) is 11.6 Å². The Hall–Kier alpha value is -1.70. The number of nitrogens with one attached hydrogen (secondary N) is 2. The van der Waals surface area contributed by atoms with E-state index in [-0.39, 0.29) is 22.9 Å². The molecule has 2 N–H and O–H groups in total. The molecule has 6 nitrogen and oxygen atoms in total. The molecule has 0 unspecified atom stereocenters. The molecule has 1 aliphatic rings. The summed E-state index contributed by atoms with van der Waals surface area (Å²) in [6.45, 7) is 5.04. The summed E-state index contributed by atoms with van der Waals surface area (Å²) in [5.41, 5.74) is 0.396. The highest BCUT2D eigenvalue weighted by atomic mass is 35.5. The zero-order valence-corrected chi connectivity index (χ0v) is 14.6. The monoisotopic (exact) mass is 356 g/mol. The largest absolute Gasteiger partial charge is 0.358 e. The van der Waals surface area contributed by atoms with Crippen LogP contribution in [-0.4, -0.2) is 67.4 Å². The smallest absolute Gasteiger partial charge is 0.241 e. The number of halogens is 2. The SMILES string of the molecule is CNC(=O)CN1CCN([C@H](C)C(=O)Nc2ccc(F)cc2Cl)CC1. The van der Waals surface area contributed by atoms with Gasteiger partial charge in [0.2, 0.25) is 11.8 Å². The molecule has 1 fully saturated rings. The molecule has 8 heteroatoms. The number of piperazine rings is 1. The highest BCUT2D eigenvalue weighted by Crippen LogP contribution is 2.23. The molecule has 1 atom stereocenters. The zero-order valence-electron chi connectivity index (χ0n) is 13.8. The van der Waals surface area contributed by atoms with Crippen molar-refractivity contribution in [1.29, 1.82) is 0 Å². The second-order valence-electron chi connectivity index (χ2n) is 5.77. The third-order valence-electron chi connectivity index (χ3n) is 4.17. The molecule has 1 saturated heterocycles. The van der Waals surface area contributed by atoms with Gasteiger partial charge in [0.05, 0.1) is 23.3 Å². The first kappa shape index (κ1) is 18.6. The summed E-state index contributed by atoms with van der Waals surface area (Å²) < 4.78 is 13.0. The summed E-state index contributed by atoms with van der Waals surface area (Å²) in [7, 11) is 1.62. The number of anilines is 1. The van der Waals surface area contributed by atoms with Crippen LogP contribution in [-0.2, 0) is 9.59 Å². The van der Waals surface area contributed by atoms with E-state index in [1.807, 2.05) is 11.8 Å². The van der Waals surface area contributed by atoms with Crippen molar-refractivity contribution >= 4 is 29.1 Å². The normalized spacial score (nSPS) is 17.3. The van der Waals surface area contributed by atoms with Gasteiger partial charge in [-0.3, -0.25) is 19.4 Å². The van der Waals surface area contributed by atoms with E-state index in [1.165, 1.54) is 18.2 Å². The molecule has 1 aliphatic heterocycles. The van der Waals surface area contributed by atoms with Gasteiger partial charge in [-0.1, -0.05) is 11.6 Å². The quantitative estimate of drug-likeness (QED) is 0.831. The average molecular weight is 357 g/mol. The Balaban J connectivity index is 1.87. The lowest BCUT2D eigenvalue weighted by Gasteiger charge is -2.37. The minimum Gasteiger partial charge on any atom is -0.358 e. The maximum atomic E-state index is 13.0. The van der Waals surface area contributed by atoms with Crippen molar-refractivity contribution in [3.63, 3.8) is 0 Å². The number of likely N-dealkylation sites (N-methyl/N-ethyl adjacent to an activating group) is 1. The molecule has 0 radical (unpaired) electrons. The van der Waals surface area contributed by atoms with E-state index in [0.717, 1.165) is 13.1 Å². The molecular weight excluding hydrogens is 335 g/mol. The van der Waals surface area contributed by atoms with Crippen LogP contribution >= 0.6 is 11.6 Å². The van der Waals surface area contributed by atoms with E-state index in [2.05, 4.69) is 15.5 Å². The predicted octanol–water partition coefficient (Wildman–Crippen LogP) is 1.17. The fourth-order valence-corrected chi connectivity index (χ4v) is 2.80. The molecule has 24 heavy (non-hydrogen) atoms. The predicted molar refractivity (Wildman–Crippen MR) is 91.6 cm³/mol. The first-order valence-corrected chi connectivity index (χ1v) is 8.21. The van der Waals surface area contributed by atoms with Crippen LogP contribution in [0.25, 0.3) is 0 Å². The summed E-state index contributed by atoms with van der Waals surface area (Å²) in [4.78, 5) is 27.9. The summed E-state index contributed by atoms with van der Waals surface area (Å²) in [6, 6.07) is 3.53. The van der Waals surface area contributed by atoms with Crippen LogP contribution in [0, 0.1) is 5.82 Å². The number of amides is 2. The number of carbonyl (C=O) groups excluding carboxylic acids is 2. The second-order valence-corrected chi connectivity index (χ2v) is 6.18. The maximum absolute atomic E-state index is 13.0. The van der Waals surface area contributed by atoms with Crippen LogP contribution in [0.2, 0.25) is 5.02 Å². The van der Waals surface area contributed by atoms with Crippen molar-refractivity contribution in [2.45, 2.75) is 13.0 Å². The fraction of sp³-hybridized carbons (Fsp3) is 0.500. The van der Waals surface area contributed by atoms with Gasteiger partial charge in [-0.25, -0.2) is 4.39 Å². The number of carbonyl (C=O) groups is 2. The topological polar surface area (TPSA) is 64.7 Å². The van der Waals surface area contributed by atoms with E-state index in [1.54, 1.807) is 7.05 Å². The molecule has 132 valence electrons. The lowest BCUT2D eigenvalue weighted by molar-refractivity contribution is -0.124. The van der Waals surface area contributed by atoms with Crippen LogP contribution in [0.1, 0.15) is 6.92 Å². The van der Waals surface area contributed by atoms with Gasteiger partial charge in [0.1, 0.15) is 5.82 Å². The Morgan fingerprint density at radius 3 is 2.54 bits per heavy atom. The molecule has 0 spiro atoms. The van der Waals surface area contributed by atoms with Crippen molar-refractivity contribution in [1.82, 2.24) is 15.1 Å². The summed E-state index contributed by atoms with van der Waals surface area (Å²) in [5.74, 6) is -0.651. The molecule has 0 saturated carbocycles. The first-order valence-electron chi connectivity index (χ1n) is 7.83. The number of rotatable bonds is 5. The molecule has 1 heterocycles. The zero-order chi connectivity index (χ0) is 17.7. The highest BCUT2D eigenvalue weighted by molar-refractivity contribution is 6.33. The van der Waals surface area contributed by atoms with Gasteiger partial charge in [0.15, 0.2) is 0 Å². The van der Waals surface area contributed by atoms with Crippen molar-refractivity contribution in [3.05, 3.63) is 29.0 Å². The third-order valence-corrected chi connectivity index (χ3v) is 4.48. The molecule has 1 aromatic rings. The fourth-order valence-electron chi connectivity index (χ4n) is 2.58. The Morgan fingerprint density at radius 2 is 1.96 bits per heavy atom. The number of hydrogen-bond donors (Lipinski definition) is 2. The summed E-state index contributed by atoms with van der Waals surface area (Å²) in [5, 5.41) is 5.51. The van der Waals surface area contributed by atoms with Gasteiger partial charge in [0, 0.05) is 33.2 Å². The number of benzene rings is 1. The van der Waals surface area contributed by atoms with Crippen molar-refractivity contribution in [2.75, 3.05) is 45.1 Å². The molecule has 2 amide bonds. The average Bonchev–Trinajstić information content (AvgIpc) is 2.57. The van der Waals surface area contributed by atoms with Gasteiger partial charge >= 0.3 is 0 Å². The lowest BCUT2D eigenvalue weighted by atomic mass is 10.2. The Kier molecular flexibility index (Phi) is 6.53. The Bertz CT molecular complexity index is 606. The van der Waals surface area contributed by atoms with Crippen molar-refractivity contribution in [2.24, 2.45) is 0 Å². The van der Waals surface area contributed by atoms with Crippen LogP contribution < -0.4 is 10.6 Å². The second kappa shape index (κ2) is 8.41. The minimum absolute atomic E-state index is 0.0137. The standard InChI is InChI=1S/C16H22ClFN4O2/c1-11(16(24)20-14-4-3-12(18)9-13(14)17)22-7-5-21(6-8-22)10-15(23)19-2/h3-4,9,11H,5-8,10H2,1-2H3,(H,19,23)(H,20,24)/t11-/m1/s1. The van der Waals surface area contributed by atoms with E-state index in [0.29, 0.717) is 25.3 Å².